The fourth-order valence-corrected chi connectivity index (χ4v) is 20.7. The van der Waals surface area contributed by atoms with Gasteiger partial charge >= 0.3 is 24.0 Å². The van der Waals surface area contributed by atoms with Crippen molar-refractivity contribution in [3.63, 3.8) is 0 Å². The Balaban J connectivity index is 0.000000105. The van der Waals surface area contributed by atoms with E-state index in [0.717, 1.165) is 217 Å². The fraction of sp³-hybridized carbons (Fsp3) is 0.169. The van der Waals surface area contributed by atoms with Crippen LogP contribution in [0.5, 0.6) is 70.0 Å². The van der Waals surface area contributed by atoms with Crippen LogP contribution in [0.15, 0.2) is 303 Å². The third kappa shape index (κ3) is 17.4. The van der Waals surface area contributed by atoms with Gasteiger partial charge in [-0.05, 0) is 283 Å². The van der Waals surface area contributed by atoms with Gasteiger partial charge in [0.1, 0.15) is 92.7 Å². The van der Waals surface area contributed by atoms with Crippen molar-refractivity contribution in [2.75, 3.05) is 0 Å². The van der Waals surface area contributed by atoms with Crippen molar-refractivity contribution >= 4 is 108 Å². The molecule has 0 radical (unpaired) electrons. The van der Waals surface area contributed by atoms with E-state index >= 15 is 0 Å². The molecular formula is C118H94N12O12. The Hall–Kier alpha value is -17.5. The van der Waals surface area contributed by atoms with E-state index in [2.05, 4.69) is 172 Å². The van der Waals surface area contributed by atoms with Crippen LogP contribution < -0.4 is 18.9 Å². The molecule has 0 bridgehead atoms. The SMILES string of the molecule is Oc1cccc(O)c1-c1nc(OC2CCCC2)nc(-c2c3ccccc3cc3ccccc23)n1.Oc1cccc(O)c1-c1nc(OC2CCCC2)nc(-c2cc3c4ccccc4ccc3c3ccccc23)n1.Oc1cccc(O)c1-c1nc(OC2CCCC2)nc(-c2cc3ccccc3c3ccccc23)n1.Oc1cccc(O)c1-c1nc(OC2CCCC2)nc(-c2ccc3ccc4cccc5ccc2c3c45)n1. The third-order valence-corrected chi connectivity index (χ3v) is 27.5. The molecule has 142 heavy (non-hydrogen) atoms. The zero-order chi connectivity index (χ0) is 96.0. The maximum atomic E-state index is 10.6. The monoisotopic (exact) mass is 1870 g/mol. The van der Waals surface area contributed by atoms with Gasteiger partial charge in [-0.1, -0.05) is 231 Å². The second kappa shape index (κ2) is 38.1. The van der Waals surface area contributed by atoms with Crippen molar-refractivity contribution < 1.29 is 59.8 Å². The molecule has 22 aromatic rings. The topological polar surface area (TPSA) is 353 Å². The largest absolute Gasteiger partial charge is 0.507 e. The van der Waals surface area contributed by atoms with Crippen LogP contribution in [-0.4, -0.2) is 125 Å². The summed E-state index contributed by atoms with van der Waals surface area (Å²) in [4.78, 5) is 56.0. The molecule has 24 heteroatoms. The zero-order valence-electron chi connectivity index (χ0n) is 77.1. The van der Waals surface area contributed by atoms with Crippen molar-refractivity contribution in [2.24, 2.45) is 0 Å². The Bertz CT molecular complexity index is 8480. The van der Waals surface area contributed by atoms with Crippen molar-refractivity contribution in [3.8, 4) is 161 Å². The van der Waals surface area contributed by atoms with Crippen LogP contribution in [0.2, 0.25) is 0 Å². The summed E-state index contributed by atoms with van der Waals surface area (Å²) in [5.41, 5.74) is 4.01. The zero-order valence-corrected chi connectivity index (χ0v) is 77.1. The van der Waals surface area contributed by atoms with E-state index in [4.69, 9.17) is 58.8 Å². The minimum Gasteiger partial charge on any atom is -0.507 e. The molecule has 4 aromatic heterocycles. The van der Waals surface area contributed by atoms with Crippen molar-refractivity contribution in [1.29, 1.82) is 0 Å². The summed E-state index contributed by atoms with van der Waals surface area (Å²) in [6, 6.07) is 97.9. The number of rotatable bonds is 16. The summed E-state index contributed by atoms with van der Waals surface area (Å²) in [5, 5.41) is 106. The van der Waals surface area contributed by atoms with Crippen LogP contribution in [0.3, 0.4) is 0 Å². The van der Waals surface area contributed by atoms with Crippen LogP contribution in [0.1, 0.15) is 103 Å². The third-order valence-electron chi connectivity index (χ3n) is 27.5. The molecule has 0 atom stereocenters. The van der Waals surface area contributed by atoms with E-state index in [0.29, 0.717) is 23.3 Å². The lowest BCUT2D eigenvalue weighted by molar-refractivity contribution is 0.192. The summed E-state index contributed by atoms with van der Waals surface area (Å²) in [5.74, 6) is 1.58. The first kappa shape index (κ1) is 88.4. The molecule has 4 aliphatic rings. The first-order chi connectivity index (χ1) is 69.6. The highest BCUT2D eigenvalue weighted by molar-refractivity contribution is 6.26. The van der Waals surface area contributed by atoms with Crippen LogP contribution in [-0.2, 0) is 0 Å². The average molecular weight is 1870 g/mol. The van der Waals surface area contributed by atoms with Gasteiger partial charge in [0.05, 0.1) is 0 Å². The summed E-state index contributed by atoms with van der Waals surface area (Å²) < 4.78 is 24.7. The second-order valence-electron chi connectivity index (χ2n) is 36.5. The molecular weight excluding hydrogens is 1780 g/mol. The Kier molecular flexibility index (Phi) is 23.7. The molecule has 0 aliphatic heterocycles. The predicted molar refractivity (Wildman–Crippen MR) is 554 cm³/mol. The minimum absolute atomic E-state index is 0.0355. The quantitative estimate of drug-likeness (QED) is 0.0329. The molecule has 4 aliphatic carbocycles. The van der Waals surface area contributed by atoms with E-state index in [1.54, 1.807) is 24.3 Å². The highest BCUT2D eigenvalue weighted by Gasteiger charge is 2.31. The van der Waals surface area contributed by atoms with Gasteiger partial charge in [-0.2, -0.15) is 39.9 Å². The normalized spacial score (nSPS) is 14.1. The summed E-state index contributed by atoms with van der Waals surface area (Å²) in [7, 11) is 0. The Morgan fingerprint density at radius 3 is 0.824 bits per heavy atom. The number of phenols is 8. The van der Waals surface area contributed by atoms with Crippen molar-refractivity contribution in [1.82, 2.24) is 59.8 Å². The van der Waals surface area contributed by atoms with Gasteiger partial charge in [-0.25, -0.2) is 19.9 Å². The van der Waals surface area contributed by atoms with Gasteiger partial charge in [0.2, 0.25) is 0 Å². The smallest absolute Gasteiger partial charge is 0.320 e. The van der Waals surface area contributed by atoms with Gasteiger partial charge < -0.3 is 59.8 Å². The van der Waals surface area contributed by atoms with Gasteiger partial charge in [0.15, 0.2) is 46.6 Å². The molecule has 8 N–H and O–H groups in total. The van der Waals surface area contributed by atoms with E-state index in [-0.39, 0.29) is 140 Å². The van der Waals surface area contributed by atoms with Crippen LogP contribution >= 0.6 is 0 Å². The first-order valence-corrected chi connectivity index (χ1v) is 48.2. The standard InChI is InChI=1S/C32H25N3O3.C30H23N3O3.2C28H23N3O3/c36-27-14-7-15-28(37)29(27)31-33-30(34-32(35-31)38-20-9-2-3-10-20)26-18-25-21-11-4-1-8-19(21)16-17-24(25)22-12-5-6-13-23(22)26;34-23-9-4-10-24(35)27(23)29-31-28(32-30(33-29)36-20-7-1-2-8-20)22-16-14-19-12-11-17-5-3-6-18-13-15-21(22)26(19)25(17)18;32-22-14-7-15-23(33)25(22)27-29-26(30-28(31-27)34-19-10-3-4-11-19)24-20-12-5-1-8-17(20)16-18-9-2-6-13-21(18)24;32-23-14-7-15-24(33)25(23)27-29-26(30-28(31-27)34-18-9-2-3-10-18)22-16-17-8-1-4-11-19(17)20-12-5-6-13-21(20)22/h1,4-8,11-18,20,36-37H,2-3,9-10H2;3-6,9-16,20,34-35H,1-2,7-8H2;1-2,5-9,12-16,19,32-33H,3-4,10-11H2;1,4-8,11-16,18,32-33H,2-3,9-10H2. The summed E-state index contributed by atoms with van der Waals surface area (Å²) in [6.45, 7) is 0. The summed E-state index contributed by atoms with van der Waals surface area (Å²) >= 11 is 0. The van der Waals surface area contributed by atoms with E-state index in [9.17, 15) is 40.9 Å². The average Bonchev–Trinajstić information content (AvgIpc) is 1.23. The molecule has 4 heterocycles. The Morgan fingerprint density at radius 1 is 0.169 bits per heavy atom. The highest BCUT2D eigenvalue weighted by Crippen LogP contribution is 2.48. The number of fused-ring (bicyclic) bond motifs is 10. The highest BCUT2D eigenvalue weighted by atomic mass is 16.5. The number of ether oxygens (including phenoxy) is 4. The van der Waals surface area contributed by atoms with Gasteiger partial charge in [-0.15, -0.1) is 0 Å². The molecule has 0 unspecified atom stereocenters. The maximum Gasteiger partial charge on any atom is 0.320 e. The van der Waals surface area contributed by atoms with Crippen LogP contribution in [0, 0.1) is 0 Å². The lowest BCUT2D eigenvalue weighted by Crippen LogP contribution is -2.14. The molecule has 4 saturated carbocycles. The number of benzene rings is 18. The number of phenolic OH excluding ortho intramolecular Hbond substituents is 8. The number of hydrogen-bond acceptors (Lipinski definition) is 24. The van der Waals surface area contributed by atoms with E-state index in [1.165, 1.54) is 64.7 Å². The summed E-state index contributed by atoms with van der Waals surface area (Å²) in [6.07, 6.45) is 16.7. The lowest BCUT2D eigenvalue weighted by Gasteiger charge is -2.16. The molecule has 698 valence electrons. The number of aromatic nitrogens is 12. The molecule has 24 nitrogen and oxygen atoms in total. The molecule has 0 amide bonds. The minimum atomic E-state index is -0.108. The lowest BCUT2D eigenvalue weighted by atomic mass is 9.92. The Morgan fingerprint density at radius 2 is 0.423 bits per heavy atom. The van der Waals surface area contributed by atoms with Gasteiger partial charge in [0.25, 0.3) is 0 Å². The van der Waals surface area contributed by atoms with Crippen LogP contribution in [0.25, 0.3) is 199 Å². The first-order valence-electron chi connectivity index (χ1n) is 48.2. The number of aromatic hydroxyl groups is 8. The van der Waals surface area contributed by atoms with Gasteiger partial charge in [0, 0.05) is 22.3 Å². The van der Waals surface area contributed by atoms with Crippen molar-refractivity contribution in [2.45, 2.75) is 127 Å². The molecule has 18 aromatic carbocycles. The number of hydrogen-bond donors (Lipinski definition) is 8. The van der Waals surface area contributed by atoms with Crippen LogP contribution in [0.4, 0.5) is 0 Å². The maximum absolute atomic E-state index is 10.6. The van der Waals surface area contributed by atoms with Crippen molar-refractivity contribution in [3.05, 3.63) is 303 Å². The molecule has 0 spiro atoms. The predicted octanol–water partition coefficient (Wildman–Crippen LogP) is 26.7. The fourth-order valence-electron chi connectivity index (χ4n) is 20.7. The molecule has 0 saturated heterocycles. The van der Waals surface area contributed by atoms with Gasteiger partial charge in [-0.3, -0.25) is 0 Å². The Labute approximate surface area is 814 Å². The molecule has 4 fully saturated rings. The molecule has 26 rings (SSSR count). The number of nitrogens with zero attached hydrogens (tertiary/aromatic N) is 12. The second-order valence-corrected chi connectivity index (χ2v) is 36.5. The van der Waals surface area contributed by atoms with E-state index < -0.39 is 0 Å². The van der Waals surface area contributed by atoms with E-state index in [1.807, 2.05) is 78.9 Å².